The average Bonchev–Trinajstić information content (AvgIpc) is 2.10. The van der Waals surface area contributed by atoms with Crippen molar-refractivity contribution in [1.29, 1.82) is 0 Å². The first-order valence-electron chi connectivity index (χ1n) is 4.73. The van der Waals surface area contributed by atoms with Crippen LogP contribution in [0.25, 0.3) is 0 Å². The van der Waals surface area contributed by atoms with E-state index in [2.05, 4.69) is 6.58 Å². The van der Waals surface area contributed by atoms with Gasteiger partial charge in [0.05, 0.1) is 12.5 Å². The maximum Gasteiger partial charge on any atom is 0.314 e. The van der Waals surface area contributed by atoms with Crippen molar-refractivity contribution in [2.45, 2.75) is 19.8 Å². The van der Waals surface area contributed by atoms with Gasteiger partial charge in [-0.05, 0) is 19.8 Å². The van der Waals surface area contributed by atoms with Crippen LogP contribution in [0.15, 0.2) is 12.3 Å². The molecule has 0 saturated carbocycles. The van der Waals surface area contributed by atoms with E-state index in [4.69, 9.17) is 4.74 Å². The Morgan fingerprint density at radius 1 is 1.85 bits per heavy atom. The van der Waals surface area contributed by atoms with Crippen molar-refractivity contribution in [3.63, 3.8) is 0 Å². The Labute approximate surface area is 80.2 Å². The zero-order valence-electron chi connectivity index (χ0n) is 8.38. The van der Waals surface area contributed by atoms with Gasteiger partial charge in [0.25, 0.3) is 0 Å². The Morgan fingerprint density at radius 2 is 2.54 bits per heavy atom. The number of piperidine rings is 1. The van der Waals surface area contributed by atoms with Gasteiger partial charge in [0.15, 0.2) is 0 Å². The SMILES string of the molecule is BN1CCCC(C(=O)OCC)C1=C. The van der Waals surface area contributed by atoms with Crippen molar-refractivity contribution in [1.82, 2.24) is 4.81 Å². The zero-order valence-corrected chi connectivity index (χ0v) is 8.38. The molecule has 1 aliphatic heterocycles. The Kier molecular flexibility index (Phi) is 3.40. The predicted octanol–water partition coefficient (Wildman–Crippen LogP) is 0.323. The van der Waals surface area contributed by atoms with Gasteiger partial charge in [0.2, 0.25) is 7.98 Å². The smallest absolute Gasteiger partial charge is 0.314 e. The van der Waals surface area contributed by atoms with E-state index in [0.717, 1.165) is 25.1 Å². The van der Waals surface area contributed by atoms with E-state index in [9.17, 15) is 4.79 Å². The van der Waals surface area contributed by atoms with Gasteiger partial charge in [-0.1, -0.05) is 6.58 Å². The summed E-state index contributed by atoms with van der Waals surface area (Å²) in [6, 6.07) is 0. The number of carbonyl (C=O) groups excluding carboxylic acids is 1. The molecule has 1 unspecified atom stereocenters. The van der Waals surface area contributed by atoms with Gasteiger partial charge in [-0.3, -0.25) is 4.79 Å². The minimum atomic E-state index is -0.126. The lowest BCUT2D eigenvalue weighted by molar-refractivity contribution is -0.147. The molecule has 1 heterocycles. The highest BCUT2D eigenvalue weighted by Crippen LogP contribution is 2.24. The second kappa shape index (κ2) is 4.35. The summed E-state index contributed by atoms with van der Waals surface area (Å²) in [5.74, 6) is -0.238. The summed E-state index contributed by atoms with van der Waals surface area (Å²) in [5.41, 5.74) is 0.893. The molecule has 1 saturated heterocycles. The molecule has 4 heteroatoms. The van der Waals surface area contributed by atoms with Crippen molar-refractivity contribution in [3.8, 4) is 0 Å². The van der Waals surface area contributed by atoms with E-state index >= 15 is 0 Å². The molecule has 0 aliphatic carbocycles. The summed E-state index contributed by atoms with van der Waals surface area (Å²) in [5, 5.41) is 0. The van der Waals surface area contributed by atoms with E-state index in [0.29, 0.717) is 6.61 Å². The monoisotopic (exact) mass is 181 g/mol. The number of esters is 1. The number of rotatable bonds is 2. The molecule has 0 bridgehead atoms. The third kappa shape index (κ3) is 2.26. The van der Waals surface area contributed by atoms with Crippen LogP contribution in [0.4, 0.5) is 0 Å². The second-order valence-electron chi connectivity index (χ2n) is 3.36. The number of hydrogen-bond acceptors (Lipinski definition) is 3. The van der Waals surface area contributed by atoms with Crippen molar-refractivity contribution in [3.05, 3.63) is 12.3 Å². The Hall–Kier alpha value is -0.925. The Morgan fingerprint density at radius 3 is 3.15 bits per heavy atom. The molecule has 13 heavy (non-hydrogen) atoms. The molecule has 1 aliphatic rings. The summed E-state index contributed by atoms with van der Waals surface area (Å²) in [4.78, 5) is 13.5. The fourth-order valence-corrected chi connectivity index (χ4v) is 1.61. The number of carbonyl (C=O) groups is 1. The molecule has 0 aromatic heterocycles. The van der Waals surface area contributed by atoms with Crippen LogP contribution in [-0.2, 0) is 9.53 Å². The van der Waals surface area contributed by atoms with Crippen molar-refractivity contribution < 1.29 is 9.53 Å². The standard InChI is InChI=1S/C9H16BNO2/c1-3-13-9(12)8-5-4-6-11(10)7(8)2/h8H,2-6,10H2,1H3. The van der Waals surface area contributed by atoms with Crippen LogP contribution in [-0.4, -0.2) is 31.9 Å². The highest BCUT2D eigenvalue weighted by molar-refractivity contribution is 6.06. The zero-order chi connectivity index (χ0) is 9.84. The maximum atomic E-state index is 11.4. The molecule has 0 spiro atoms. The molecule has 3 nitrogen and oxygen atoms in total. The molecular weight excluding hydrogens is 165 g/mol. The lowest BCUT2D eigenvalue weighted by atomic mass is 9.92. The first kappa shape index (κ1) is 10.2. The lowest BCUT2D eigenvalue weighted by Crippen LogP contribution is -2.35. The lowest BCUT2D eigenvalue weighted by Gasteiger charge is -2.32. The quantitative estimate of drug-likeness (QED) is 0.454. The van der Waals surface area contributed by atoms with Gasteiger partial charge in [0, 0.05) is 12.2 Å². The third-order valence-corrected chi connectivity index (χ3v) is 2.45. The van der Waals surface area contributed by atoms with E-state index in [-0.39, 0.29) is 11.9 Å². The fourth-order valence-electron chi connectivity index (χ4n) is 1.61. The fraction of sp³-hybridized carbons (Fsp3) is 0.667. The molecule has 1 fully saturated rings. The largest absolute Gasteiger partial charge is 0.465 e. The predicted molar refractivity (Wildman–Crippen MR) is 53.7 cm³/mol. The van der Waals surface area contributed by atoms with E-state index in [1.807, 2.05) is 19.7 Å². The summed E-state index contributed by atoms with van der Waals surface area (Å²) >= 11 is 0. The minimum Gasteiger partial charge on any atom is -0.465 e. The first-order chi connectivity index (χ1) is 6.16. The van der Waals surface area contributed by atoms with E-state index in [1.165, 1.54) is 0 Å². The average molecular weight is 181 g/mol. The van der Waals surface area contributed by atoms with Crippen LogP contribution in [0.5, 0.6) is 0 Å². The van der Waals surface area contributed by atoms with Crippen LogP contribution < -0.4 is 0 Å². The first-order valence-corrected chi connectivity index (χ1v) is 4.73. The van der Waals surface area contributed by atoms with E-state index in [1.54, 1.807) is 0 Å². The van der Waals surface area contributed by atoms with Gasteiger partial charge in [-0.25, -0.2) is 0 Å². The number of ether oxygens (including phenoxy) is 1. The molecular formula is C9H16BNO2. The molecule has 1 rings (SSSR count). The highest BCUT2D eigenvalue weighted by atomic mass is 16.5. The van der Waals surface area contributed by atoms with Crippen molar-refractivity contribution in [2.24, 2.45) is 5.92 Å². The van der Waals surface area contributed by atoms with Crippen LogP contribution in [0, 0.1) is 5.92 Å². The molecule has 72 valence electrons. The van der Waals surface area contributed by atoms with E-state index < -0.39 is 0 Å². The highest BCUT2D eigenvalue weighted by Gasteiger charge is 2.27. The molecule has 0 aromatic carbocycles. The Bertz CT molecular complexity index is 218. The van der Waals surface area contributed by atoms with Crippen LogP contribution in [0.1, 0.15) is 19.8 Å². The summed E-state index contributed by atoms with van der Waals surface area (Å²) in [6.07, 6.45) is 1.92. The maximum absolute atomic E-state index is 11.4. The summed E-state index contributed by atoms with van der Waals surface area (Å²) in [6.45, 7) is 7.18. The van der Waals surface area contributed by atoms with Crippen LogP contribution in [0.2, 0.25) is 0 Å². The molecule has 0 radical (unpaired) electrons. The summed E-state index contributed by atoms with van der Waals surface area (Å²) in [7, 11) is 1.97. The van der Waals surface area contributed by atoms with Crippen LogP contribution >= 0.6 is 0 Å². The third-order valence-electron chi connectivity index (χ3n) is 2.45. The van der Waals surface area contributed by atoms with Gasteiger partial charge < -0.3 is 9.55 Å². The molecule has 1 atom stereocenters. The number of hydrogen-bond donors (Lipinski definition) is 0. The van der Waals surface area contributed by atoms with Crippen LogP contribution in [0.3, 0.4) is 0 Å². The van der Waals surface area contributed by atoms with Gasteiger partial charge in [0.1, 0.15) is 0 Å². The van der Waals surface area contributed by atoms with Gasteiger partial charge in [-0.2, -0.15) is 0 Å². The van der Waals surface area contributed by atoms with Gasteiger partial charge in [-0.15, -0.1) is 0 Å². The molecule has 0 N–H and O–H groups in total. The second-order valence-corrected chi connectivity index (χ2v) is 3.36. The Balaban J connectivity index is 2.57. The number of nitrogens with zero attached hydrogens (tertiary/aromatic N) is 1. The molecule has 0 aromatic rings. The summed E-state index contributed by atoms with van der Waals surface area (Å²) < 4.78 is 4.97. The van der Waals surface area contributed by atoms with Crippen molar-refractivity contribution >= 4 is 14.0 Å². The normalized spacial score (nSPS) is 23.0. The minimum absolute atomic E-state index is 0.112. The molecule has 0 amide bonds. The van der Waals surface area contributed by atoms with Crippen molar-refractivity contribution in [2.75, 3.05) is 13.2 Å². The topological polar surface area (TPSA) is 29.5 Å². The van der Waals surface area contributed by atoms with Gasteiger partial charge >= 0.3 is 5.97 Å².